The molecule has 1 aromatic carbocycles. The molecule has 122 valence electrons. The maximum atomic E-state index is 12.2. The van der Waals surface area contributed by atoms with Crippen LogP contribution in [0.15, 0.2) is 41.1 Å². The molecule has 3 rings (SSSR count). The highest BCUT2D eigenvalue weighted by atomic mass is 35.5. The summed E-state index contributed by atoms with van der Waals surface area (Å²) in [5.41, 5.74) is 1.75. The summed E-state index contributed by atoms with van der Waals surface area (Å²) in [5.74, 6) is -0.0448. The first-order valence-corrected chi connectivity index (χ1v) is 8.94. The second-order valence-electron chi connectivity index (χ2n) is 5.41. The number of nitrogens with one attached hydrogen (secondary N) is 1. The smallest absolute Gasteiger partial charge is 0.252 e. The molecule has 1 aromatic heterocycles. The van der Waals surface area contributed by atoms with Crippen LogP contribution < -0.4 is 5.32 Å². The summed E-state index contributed by atoms with van der Waals surface area (Å²) in [5, 5.41) is 7.53. The van der Waals surface area contributed by atoms with Gasteiger partial charge in [0.05, 0.1) is 19.3 Å². The first-order valence-electron chi connectivity index (χ1n) is 7.62. The molecular weight excluding hydrogens is 332 g/mol. The van der Waals surface area contributed by atoms with Gasteiger partial charge in [-0.3, -0.25) is 9.69 Å². The van der Waals surface area contributed by atoms with Crippen molar-refractivity contribution in [1.29, 1.82) is 0 Å². The summed E-state index contributed by atoms with van der Waals surface area (Å²) in [7, 11) is 0. The molecule has 0 aliphatic carbocycles. The first kappa shape index (κ1) is 16.5. The van der Waals surface area contributed by atoms with Gasteiger partial charge in [0.2, 0.25) is 0 Å². The Hall–Kier alpha value is -1.40. The highest BCUT2D eigenvalue weighted by Gasteiger charge is 2.25. The second kappa shape index (κ2) is 7.93. The highest BCUT2D eigenvalue weighted by Crippen LogP contribution is 2.27. The molecule has 0 spiro atoms. The van der Waals surface area contributed by atoms with E-state index >= 15 is 0 Å². The summed E-state index contributed by atoms with van der Waals surface area (Å²) >= 11 is 7.90. The van der Waals surface area contributed by atoms with Crippen LogP contribution in [0.25, 0.3) is 0 Å². The SMILES string of the molecule is O=C(NCC(c1ccccc1Cl)N1CCOCC1)c1ccsc1. The molecule has 23 heavy (non-hydrogen) atoms. The Morgan fingerprint density at radius 3 is 2.78 bits per heavy atom. The van der Waals surface area contributed by atoms with Crippen LogP contribution in [0.4, 0.5) is 0 Å². The maximum Gasteiger partial charge on any atom is 0.252 e. The van der Waals surface area contributed by atoms with Crippen molar-refractivity contribution in [3.63, 3.8) is 0 Å². The van der Waals surface area contributed by atoms with E-state index in [-0.39, 0.29) is 11.9 Å². The molecule has 0 bridgehead atoms. The second-order valence-corrected chi connectivity index (χ2v) is 6.59. The molecule has 2 heterocycles. The number of morpholine rings is 1. The fourth-order valence-corrected chi connectivity index (χ4v) is 3.65. The number of thiophene rings is 1. The Morgan fingerprint density at radius 2 is 2.09 bits per heavy atom. The molecule has 1 saturated heterocycles. The van der Waals surface area contributed by atoms with Crippen molar-refractivity contribution in [2.24, 2.45) is 0 Å². The molecule has 1 aliphatic heterocycles. The molecule has 0 saturated carbocycles. The molecule has 1 unspecified atom stereocenters. The zero-order valence-electron chi connectivity index (χ0n) is 12.7. The minimum absolute atomic E-state index is 0.0448. The highest BCUT2D eigenvalue weighted by molar-refractivity contribution is 7.08. The molecule has 1 aliphatic rings. The summed E-state index contributed by atoms with van der Waals surface area (Å²) in [6.45, 7) is 3.62. The predicted octanol–water partition coefficient (Wildman–Crippen LogP) is 3.20. The number of carbonyl (C=O) groups excluding carboxylic acids is 1. The van der Waals surface area contributed by atoms with Gasteiger partial charge in [-0.05, 0) is 23.1 Å². The third kappa shape index (κ3) is 4.12. The topological polar surface area (TPSA) is 41.6 Å². The number of ether oxygens (including phenoxy) is 1. The van der Waals surface area contributed by atoms with Gasteiger partial charge in [-0.15, -0.1) is 0 Å². The molecule has 0 radical (unpaired) electrons. The zero-order valence-corrected chi connectivity index (χ0v) is 14.3. The number of benzene rings is 1. The van der Waals surface area contributed by atoms with Gasteiger partial charge in [0.25, 0.3) is 5.91 Å². The van der Waals surface area contributed by atoms with Crippen LogP contribution in [0.5, 0.6) is 0 Å². The van der Waals surface area contributed by atoms with E-state index in [1.54, 1.807) is 0 Å². The predicted molar refractivity (Wildman–Crippen MR) is 93.2 cm³/mol. The van der Waals surface area contributed by atoms with Crippen molar-refractivity contribution in [1.82, 2.24) is 10.2 Å². The molecular formula is C17H19ClN2O2S. The minimum Gasteiger partial charge on any atom is -0.379 e. The van der Waals surface area contributed by atoms with Gasteiger partial charge in [0, 0.05) is 35.6 Å². The van der Waals surface area contributed by atoms with Crippen LogP contribution in [0, 0.1) is 0 Å². The monoisotopic (exact) mass is 350 g/mol. The summed E-state index contributed by atoms with van der Waals surface area (Å²) < 4.78 is 5.44. The van der Waals surface area contributed by atoms with Crippen molar-refractivity contribution < 1.29 is 9.53 Å². The van der Waals surface area contributed by atoms with E-state index < -0.39 is 0 Å². The fourth-order valence-electron chi connectivity index (χ4n) is 2.76. The number of carbonyl (C=O) groups is 1. The van der Waals surface area contributed by atoms with E-state index in [1.807, 2.05) is 41.1 Å². The Labute approximate surface area is 145 Å². The lowest BCUT2D eigenvalue weighted by atomic mass is 10.0. The maximum absolute atomic E-state index is 12.2. The van der Waals surface area contributed by atoms with Gasteiger partial charge < -0.3 is 10.1 Å². The summed E-state index contributed by atoms with van der Waals surface area (Å²) in [4.78, 5) is 14.5. The molecule has 1 N–H and O–H groups in total. The van der Waals surface area contributed by atoms with Crippen LogP contribution >= 0.6 is 22.9 Å². The Morgan fingerprint density at radius 1 is 1.30 bits per heavy atom. The Kier molecular flexibility index (Phi) is 5.67. The first-order chi connectivity index (χ1) is 11.3. The van der Waals surface area contributed by atoms with Crippen molar-refractivity contribution in [2.75, 3.05) is 32.8 Å². The van der Waals surface area contributed by atoms with Gasteiger partial charge >= 0.3 is 0 Å². The van der Waals surface area contributed by atoms with Gasteiger partial charge in [-0.1, -0.05) is 29.8 Å². The van der Waals surface area contributed by atoms with Crippen LogP contribution in [0.1, 0.15) is 22.0 Å². The van der Waals surface area contributed by atoms with E-state index in [2.05, 4.69) is 10.2 Å². The van der Waals surface area contributed by atoms with E-state index in [1.165, 1.54) is 11.3 Å². The van der Waals surface area contributed by atoms with Crippen LogP contribution in [0.2, 0.25) is 5.02 Å². The Bertz CT molecular complexity index is 642. The molecule has 1 amide bonds. The number of halogens is 1. The van der Waals surface area contributed by atoms with Crippen molar-refractivity contribution in [2.45, 2.75) is 6.04 Å². The average Bonchev–Trinajstić information content (AvgIpc) is 3.12. The zero-order chi connectivity index (χ0) is 16.1. The molecule has 2 aromatic rings. The molecule has 4 nitrogen and oxygen atoms in total. The van der Waals surface area contributed by atoms with E-state index in [0.29, 0.717) is 25.3 Å². The molecule has 1 fully saturated rings. The van der Waals surface area contributed by atoms with Gasteiger partial charge in [0.15, 0.2) is 0 Å². The summed E-state index contributed by atoms with van der Waals surface area (Å²) in [6, 6.07) is 9.71. The lowest BCUT2D eigenvalue weighted by Gasteiger charge is -2.35. The third-order valence-corrected chi connectivity index (χ3v) is 5.02. The van der Waals surface area contributed by atoms with Crippen molar-refractivity contribution >= 4 is 28.8 Å². The fraction of sp³-hybridized carbons (Fsp3) is 0.353. The molecule has 6 heteroatoms. The van der Waals surface area contributed by atoms with E-state index in [9.17, 15) is 4.79 Å². The number of rotatable bonds is 5. The summed E-state index contributed by atoms with van der Waals surface area (Å²) in [6.07, 6.45) is 0. The van der Waals surface area contributed by atoms with Gasteiger partial charge in [-0.25, -0.2) is 0 Å². The van der Waals surface area contributed by atoms with E-state index in [0.717, 1.165) is 23.7 Å². The number of hydrogen-bond acceptors (Lipinski definition) is 4. The number of nitrogens with zero attached hydrogens (tertiary/aromatic N) is 1. The number of hydrogen-bond donors (Lipinski definition) is 1. The molecule has 1 atom stereocenters. The van der Waals surface area contributed by atoms with Crippen LogP contribution in [-0.2, 0) is 4.74 Å². The lowest BCUT2D eigenvalue weighted by Crippen LogP contribution is -2.43. The van der Waals surface area contributed by atoms with Gasteiger partial charge in [0.1, 0.15) is 0 Å². The van der Waals surface area contributed by atoms with Crippen molar-refractivity contribution in [3.05, 3.63) is 57.2 Å². The quantitative estimate of drug-likeness (QED) is 0.900. The number of amides is 1. The van der Waals surface area contributed by atoms with E-state index in [4.69, 9.17) is 16.3 Å². The average molecular weight is 351 g/mol. The van der Waals surface area contributed by atoms with Crippen LogP contribution in [0.3, 0.4) is 0 Å². The normalized spacial score (nSPS) is 16.9. The lowest BCUT2D eigenvalue weighted by molar-refractivity contribution is 0.0162. The minimum atomic E-state index is -0.0448. The largest absolute Gasteiger partial charge is 0.379 e. The van der Waals surface area contributed by atoms with Crippen molar-refractivity contribution in [3.8, 4) is 0 Å². The van der Waals surface area contributed by atoms with Gasteiger partial charge in [-0.2, -0.15) is 11.3 Å². The van der Waals surface area contributed by atoms with Crippen LogP contribution in [-0.4, -0.2) is 43.7 Å². The standard InChI is InChI=1S/C17H19ClN2O2S/c18-15-4-2-1-3-14(15)16(20-6-8-22-9-7-20)11-19-17(21)13-5-10-23-12-13/h1-5,10,12,16H,6-9,11H2,(H,19,21). The Balaban J connectivity index is 1.75. The third-order valence-electron chi connectivity index (χ3n) is 3.99.